The molecule has 7 nitrogen and oxygen atoms in total. The third-order valence-electron chi connectivity index (χ3n) is 2.65. The summed E-state index contributed by atoms with van der Waals surface area (Å²) in [6.07, 6.45) is -1.62. The Bertz CT molecular complexity index is 591. The maximum Gasteiger partial charge on any atom is 0.359 e. The summed E-state index contributed by atoms with van der Waals surface area (Å²) in [5, 5.41) is 0. The summed E-state index contributed by atoms with van der Waals surface area (Å²) in [4.78, 5) is 38.3. The Morgan fingerprint density at radius 1 is 1.05 bits per heavy atom. The van der Waals surface area contributed by atoms with Crippen LogP contribution in [-0.4, -0.2) is 44.1 Å². The molecule has 1 aromatic rings. The minimum absolute atomic E-state index is 0.105. The van der Waals surface area contributed by atoms with E-state index in [0.29, 0.717) is 11.1 Å². The Labute approximate surface area is 114 Å². The minimum Gasteiger partial charge on any atom is -0.466 e. The molecule has 0 atom stereocenters. The fourth-order valence-corrected chi connectivity index (χ4v) is 1.68. The van der Waals surface area contributed by atoms with Gasteiger partial charge >= 0.3 is 11.9 Å². The van der Waals surface area contributed by atoms with Gasteiger partial charge in [-0.2, -0.15) is 4.99 Å². The number of fused-ring (bicyclic) bond motifs is 1. The number of esters is 2. The van der Waals surface area contributed by atoms with Crippen molar-refractivity contribution in [1.82, 2.24) is 0 Å². The van der Waals surface area contributed by atoms with E-state index in [1.807, 2.05) is 0 Å². The number of hydrogen-bond donors (Lipinski definition) is 0. The van der Waals surface area contributed by atoms with Gasteiger partial charge in [-0.3, -0.25) is 4.79 Å². The molecule has 1 heterocycles. The second-order valence-electron chi connectivity index (χ2n) is 3.81. The number of rotatable bonds is 3. The first-order valence-corrected chi connectivity index (χ1v) is 5.63. The summed E-state index contributed by atoms with van der Waals surface area (Å²) in [6, 6.07) is 6.53. The summed E-state index contributed by atoms with van der Waals surface area (Å²) >= 11 is 0. The normalized spacial score (nSPS) is 12.8. The Balaban J connectivity index is 2.29. The van der Waals surface area contributed by atoms with Crippen LogP contribution in [0.3, 0.4) is 0 Å². The van der Waals surface area contributed by atoms with E-state index in [4.69, 9.17) is 4.74 Å². The van der Waals surface area contributed by atoms with Gasteiger partial charge in [0.2, 0.25) is 5.90 Å². The van der Waals surface area contributed by atoms with Crippen LogP contribution < -0.4 is 0 Å². The van der Waals surface area contributed by atoms with E-state index in [-0.39, 0.29) is 5.90 Å². The fraction of sp³-hybridized carbons (Fsp3) is 0.231. The van der Waals surface area contributed by atoms with Crippen molar-refractivity contribution in [3.8, 4) is 0 Å². The molecule has 7 heteroatoms. The number of ether oxygens (including phenoxy) is 3. The van der Waals surface area contributed by atoms with E-state index >= 15 is 0 Å². The highest BCUT2D eigenvalue weighted by Crippen LogP contribution is 2.20. The predicted molar refractivity (Wildman–Crippen MR) is 66.2 cm³/mol. The molecule has 1 aliphatic rings. The molecule has 1 aliphatic heterocycles. The molecule has 104 valence electrons. The lowest BCUT2D eigenvalue weighted by atomic mass is 10.1. The van der Waals surface area contributed by atoms with Gasteiger partial charge in [0.15, 0.2) is 0 Å². The number of hydrogen-bond acceptors (Lipinski definition) is 6. The second-order valence-corrected chi connectivity index (χ2v) is 3.81. The number of carbonyl (C=O) groups excluding carboxylic acids is 3. The summed E-state index contributed by atoms with van der Waals surface area (Å²) in [7, 11) is 2.22. The number of benzene rings is 1. The first kappa shape index (κ1) is 13.7. The number of amides is 1. The molecule has 0 N–H and O–H groups in total. The van der Waals surface area contributed by atoms with Crippen LogP contribution in [0.2, 0.25) is 0 Å². The number of methoxy groups -OCH3 is 2. The molecule has 1 aromatic carbocycles. The summed E-state index contributed by atoms with van der Waals surface area (Å²) in [5.74, 6) is -2.47. The molecule has 0 spiro atoms. The van der Waals surface area contributed by atoms with Gasteiger partial charge in [0.1, 0.15) is 0 Å². The minimum atomic E-state index is -1.62. The molecule has 0 saturated heterocycles. The molecular weight excluding hydrogens is 266 g/mol. The van der Waals surface area contributed by atoms with Crippen molar-refractivity contribution >= 4 is 23.7 Å². The zero-order valence-electron chi connectivity index (χ0n) is 10.8. The van der Waals surface area contributed by atoms with Crippen LogP contribution in [0.5, 0.6) is 0 Å². The molecule has 0 aliphatic carbocycles. The van der Waals surface area contributed by atoms with Crippen molar-refractivity contribution in [2.75, 3.05) is 14.2 Å². The van der Waals surface area contributed by atoms with Crippen LogP contribution in [0.1, 0.15) is 15.9 Å². The molecule has 0 saturated carbocycles. The van der Waals surface area contributed by atoms with Gasteiger partial charge in [0.25, 0.3) is 12.0 Å². The van der Waals surface area contributed by atoms with Crippen molar-refractivity contribution in [1.29, 1.82) is 0 Å². The van der Waals surface area contributed by atoms with Crippen molar-refractivity contribution in [3.05, 3.63) is 35.4 Å². The predicted octanol–water partition coefficient (Wildman–Crippen LogP) is 0.318. The smallest absolute Gasteiger partial charge is 0.359 e. The zero-order chi connectivity index (χ0) is 14.7. The standard InChI is InChI=1S/C13H11NO6/c1-18-12(16)9(13(17)19-2)20-11-8-6-4-3-5-7(8)10(15)14-11/h3-6,9H,1-2H3. The van der Waals surface area contributed by atoms with Gasteiger partial charge in [-0.05, 0) is 12.1 Å². The Morgan fingerprint density at radius 3 is 2.15 bits per heavy atom. The number of carbonyl (C=O) groups is 3. The highest BCUT2D eigenvalue weighted by molar-refractivity contribution is 6.19. The van der Waals surface area contributed by atoms with Gasteiger partial charge < -0.3 is 14.2 Å². The van der Waals surface area contributed by atoms with Crippen molar-refractivity contribution in [2.45, 2.75) is 6.10 Å². The number of nitrogens with zero attached hydrogens (tertiary/aromatic N) is 1. The Kier molecular flexibility index (Phi) is 3.79. The molecular formula is C13H11NO6. The van der Waals surface area contributed by atoms with Crippen molar-refractivity contribution in [3.63, 3.8) is 0 Å². The highest BCUT2D eigenvalue weighted by atomic mass is 16.6. The van der Waals surface area contributed by atoms with Gasteiger partial charge in [-0.25, -0.2) is 9.59 Å². The highest BCUT2D eigenvalue weighted by Gasteiger charge is 2.35. The molecule has 20 heavy (non-hydrogen) atoms. The van der Waals surface area contributed by atoms with Crippen LogP contribution in [0, 0.1) is 0 Å². The van der Waals surface area contributed by atoms with E-state index < -0.39 is 23.9 Å². The van der Waals surface area contributed by atoms with Gasteiger partial charge in [-0.15, -0.1) is 0 Å². The first-order valence-electron chi connectivity index (χ1n) is 5.63. The first-order chi connectivity index (χ1) is 9.58. The van der Waals surface area contributed by atoms with E-state index in [1.54, 1.807) is 24.3 Å². The van der Waals surface area contributed by atoms with Crippen LogP contribution in [0.25, 0.3) is 0 Å². The van der Waals surface area contributed by atoms with Crippen LogP contribution in [0.4, 0.5) is 0 Å². The van der Waals surface area contributed by atoms with Gasteiger partial charge in [0.05, 0.1) is 19.8 Å². The van der Waals surface area contributed by atoms with Gasteiger partial charge in [0, 0.05) is 5.56 Å². The molecule has 2 rings (SSSR count). The maximum absolute atomic E-state index is 11.6. The van der Waals surface area contributed by atoms with Crippen LogP contribution in [0.15, 0.2) is 29.3 Å². The van der Waals surface area contributed by atoms with E-state index in [1.165, 1.54) is 0 Å². The topological polar surface area (TPSA) is 91.3 Å². The lowest BCUT2D eigenvalue weighted by molar-refractivity contribution is -0.164. The average molecular weight is 277 g/mol. The second kappa shape index (κ2) is 5.52. The van der Waals surface area contributed by atoms with Gasteiger partial charge in [-0.1, -0.05) is 12.1 Å². The quantitative estimate of drug-likeness (QED) is 0.583. The third-order valence-corrected chi connectivity index (χ3v) is 2.65. The lowest BCUT2D eigenvalue weighted by Gasteiger charge is -2.14. The van der Waals surface area contributed by atoms with Crippen molar-refractivity contribution < 1.29 is 28.6 Å². The monoisotopic (exact) mass is 277 g/mol. The largest absolute Gasteiger partial charge is 0.466 e. The maximum atomic E-state index is 11.6. The summed E-state index contributed by atoms with van der Waals surface area (Å²) in [6.45, 7) is 0. The lowest BCUT2D eigenvalue weighted by Crippen LogP contribution is -2.36. The average Bonchev–Trinajstić information content (AvgIpc) is 2.80. The van der Waals surface area contributed by atoms with E-state index in [2.05, 4.69) is 14.5 Å². The van der Waals surface area contributed by atoms with Crippen molar-refractivity contribution in [2.24, 2.45) is 4.99 Å². The SMILES string of the molecule is COC(=O)C(OC1=NC(=O)c2ccccc21)C(=O)OC. The molecule has 0 radical (unpaired) electrons. The molecule has 0 bridgehead atoms. The van der Waals surface area contributed by atoms with Crippen LogP contribution in [-0.2, 0) is 23.8 Å². The molecule has 1 amide bonds. The zero-order valence-corrected chi connectivity index (χ0v) is 10.8. The van der Waals surface area contributed by atoms with E-state index in [0.717, 1.165) is 14.2 Å². The molecule has 0 aromatic heterocycles. The summed E-state index contributed by atoms with van der Waals surface area (Å²) < 4.78 is 14.1. The molecule has 0 fully saturated rings. The third kappa shape index (κ3) is 2.37. The number of aliphatic imine (C=N–C) groups is 1. The Morgan fingerprint density at radius 2 is 1.60 bits per heavy atom. The summed E-state index contributed by atoms with van der Waals surface area (Å²) in [5.41, 5.74) is 0.756. The Hall–Kier alpha value is -2.70. The fourth-order valence-electron chi connectivity index (χ4n) is 1.68. The molecule has 0 unspecified atom stereocenters. The van der Waals surface area contributed by atoms with E-state index in [9.17, 15) is 14.4 Å². The van der Waals surface area contributed by atoms with Crippen LogP contribution >= 0.6 is 0 Å².